The molecule has 0 amide bonds. The average Bonchev–Trinajstić information content (AvgIpc) is 2.39. The van der Waals surface area contributed by atoms with Crippen LogP contribution in [0.15, 0.2) is 18.2 Å². The van der Waals surface area contributed by atoms with Gasteiger partial charge >= 0.3 is 0 Å². The molecule has 19 heavy (non-hydrogen) atoms. The zero-order valence-corrected chi connectivity index (χ0v) is 11.2. The summed E-state index contributed by atoms with van der Waals surface area (Å²) in [6.45, 7) is 3.48. The normalized spacial score (nSPS) is 19.1. The number of nitro benzene ring substituents is 1. The molecule has 1 unspecified atom stereocenters. The van der Waals surface area contributed by atoms with Crippen molar-refractivity contribution in [3.8, 4) is 5.75 Å². The van der Waals surface area contributed by atoms with Crippen LogP contribution < -0.4 is 10.1 Å². The zero-order valence-electron chi connectivity index (χ0n) is 11.2. The summed E-state index contributed by atoms with van der Waals surface area (Å²) in [5.41, 5.74) is 0.777. The zero-order chi connectivity index (χ0) is 13.7. The Labute approximate surface area is 113 Å². The molecule has 1 N–H and O–H groups in total. The number of nitrogens with zero attached hydrogens (tertiary/aromatic N) is 1. The van der Waals surface area contributed by atoms with Gasteiger partial charge < -0.3 is 10.1 Å². The molecular weight excluding hydrogens is 244 g/mol. The Balaban J connectivity index is 1.82. The summed E-state index contributed by atoms with van der Waals surface area (Å²) in [5.74, 6) is 0.707. The first-order valence-corrected chi connectivity index (χ1v) is 6.78. The van der Waals surface area contributed by atoms with E-state index in [4.69, 9.17) is 4.74 Å². The Morgan fingerprint density at radius 2 is 2.32 bits per heavy atom. The summed E-state index contributed by atoms with van der Waals surface area (Å²) in [7, 11) is 0. The van der Waals surface area contributed by atoms with Crippen LogP contribution in [0.5, 0.6) is 5.75 Å². The molecule has 1 saturated heterocycles. The molecule has 0 aromatic heterocycles. The molecule has 0 radical (unpaired) electrons. The lowest BCUT2D eigenvalue weighted by molar-refractivity contribution is -0.385. The molecule has 5 heteroatoms. The summed E-state index contributed by atoms with van der Waals surface area (Å²) < 4.78 is 5.66. The topological polar surface area (TPSA) is 64.4 Å². The van der Waals surface area contributed by atoms with Gasteiger partial charge in [-0.1, -0.05) is 6.42 Å². The van der Waals surface area contributed by atoms with E-state index in [2.05, 4.69) is 5.32 Å². The molecule has 0 spiro atoms. The van der Waals surface area contributed by atoms with Gasteiger partial charge in [0.15, 0.2) is 0 Å². The third-order valence-electron chi connectivity index (χ3n) is 3.51. The molecule has 0 bridgehead atoms. The van der Waals surface area contributed by atoms with E-state index >= 15 is 0 Å². The van der Waals surface area contributed by atoms with Crippen LogP contribution in [0.4, 0.5) is 5.69 Å². The molecule has 0 saturated carbocycles. The monoisotopic (exact) mass is 264 g/mol. The molecule has 104 valence electrons. The number of hydrogen-bond acceptors (Lipinski definition) is 4. The molecule has 1 aromatic carbocycles. The highest BCUT2D eigenvalue weighted by Crippen LogP contribution is 2.23. The van der Waals surface area contributed by atoms with Crippen molar-refractivity contribution < 1.29 is 9.66 Å². The number of nitrogens with one attached hydrogen (secondary N) is 1. The van der Waals surface area contributed by atoms with E-state index in [9.17, 15) is 10.1 Å². The summed E-state index contributed by atoms with van der Waals surface area (Å²) in [4.78, 5) is 10.3. The van der Waals surface area contributed by atoms with Gasteiger partial charge in [-0.3, -0.25) is 10.1 Å². The average molecular weight is 264 g/mol. The molecule has 0 aliphatic carbocycles. The highest BCUT2D eigenvalue weighted by Gasteiger charge is 2.13. The fourth-order valence-corrected chi connectivity index (χ4v) is 2.41. The summed E-state index contributed by atoms with van der Waals surface area (Å²) >= 11 is 0. The lowest BCUT2D eigenvalue weighted by atomic mass is 10.0. The molecule has 1 heterocycles. The standard InChI is InChI=1S/C14H20N2O3/c1-11-10-13(5-6-14(11)16(17)18)19-9-7-12-4-2-3-8-15-12/h5-6,10,12,15H,2-4,7-9H2,1H3. The van der Waals surface area contributed by atoms with E-state index in [0.29, 0.717) is 24.0 Å². The highest BCUT2D eigenvalue weighted by molar-refractivity contribution is 5.44. The Morgan fingerprint density at radius 3 is 2.95 bits per heavy atom. The summed E-state index contributed by atoms with van der Waals surface area (Å²) in [5, 5.41) is 14.2. The molecule has 5 nitrogen and oxygen atoms in total. The minimum Gasteiger partial charge on any atom is -0.494 e. The second-order valence-corrected chi connectivity index (χ2v) is 4.99. The summed E-state index contributed by atoms with van der Waals surface area (Å²) in [6.07, 6.45) is 4.74. The predicted molar refractivity (Wildman–Crippen MR) is 73.6 cm³/mol. The first kappa shape index (κ1) is 13.8. The molecule has 2 rings (SSSR count). The molecule has 1 atom stereocenters. The van der Waals surface area contributed by atoms with E-state index in [1.807, 2.05) is 0 Å². The first-order chi connectivity index (χ1) is 9.16. The van der Waals surface area contributed by atoms with Crippen molar-refractivity contribution in [2.45, 2.75) is 38.6 Å². The lowest BCUT2D eigenvalue weighted by Gasteiger charge is -2.23. The smallest absolute Gasteiger partial charge is 0.272 e. The molecule has 1 fully saturated rings. The number of aryl methyl sites for hydroxylation is 1. The third-order valence-corrected chi connectivity index (χ3v) is 3.51. The van der Waals surface area contributed by atoms with E-state index < -0.39 is 0 Å². The second-order valence-electron chi connectivity index (χ2n) is 4.99. The van der Waals surface area contributed by atoms with Crippen LogP contribution in [0.2, 0.25) is 0 Å². The van der Waals surface area contributed by atoms with E-state index in [1.54, 1.807) is 19.1 Å². The van der Waals surface area contributed by atoms with Crippen LogP contribution in [0, 0.1) is 17.0 Å². The Bertz CT molecular complexity index is 442. The van der Waals surface area contributed by atoms with E-state index in [-0.39, 0.29) is 10.6 Å². The Kier molecular flexibility index (Phi) is 4.74. The molecular formula is C14H20N2O3. The maximum Gasteiger partial charge on any atom is 0.272 e. The van der Waals surface area contributed by atoms with Crippen molar-refractivity contribution in [3.63, 3.8) is 0 Å². The first-order valence-electron chi connectivity index (χ1n) is 6.78. The van der Waals surface area contributed by atoms with Gasteiger partial charge in [-0.2, -0.15) is 0 Å². The highest BCUT2D eigenvalue weighted by atomic mass is 16.6. The van der Waals surface area contributed by atoms with Crippen molar-refractivity contribution in [2.24, 2.45) is 0 Å². The van der Waals surface area contributed by atoms with Crippen molar-refractivity contribution >= 4 is 5.69 Å². The van der Waals surface area contributed by atoms with Crippen LogP contribution >= 0.6 is 0 Å². The van der Waals surface area contributed by atoms with Gasteiger partial charge in [0.1, 0.15) is 5.75 Å². The van der Waals surface area contributed by atoms with Gasteiger partial charge in [-0.05, 0) is 44.9 Å². The lowest BCUT2D eigenvalue weighted by Crippen LogP contribution is -2.35. The summed E-state index contributed by atoms with van der Waals surface area (Å²) in [6, 6.07) is 5.45. The minimum absolute atomic E-state index is 0.140. The molecule has 1 aliphatic rings. The quantitative estimate of drug-likeness (QED) is 0.656. The fraction of sp³-hybridized carbons (Fsp3) is 0.571. The number of benzene rings is 1. The van der Waals surface area contributed by atoms with Gasteiger partial charge in [-0.25, -0.2) is 0 Å². The number of piperidine rings is 1. The molecule has 1 aliphatic heterocycles. The van der Waals surface area contributed by atoms with E-state index in [0.717, 1.165) is 13.0 Å². The van der Waals surface area contributed by atoms with Gasteiger partial charge in [0.25, 0.3) is 5.69 Å². The van der Waals surface area contributed by atoms with Crippen LogP contribution in [0.3, 0.4) is 0 Å². The van der Waals surface area contributed by atoms with Crippen molar-refractivity contribution in [2.75, 3.05) is 13.2 Å². The SMILES string of the molecule is Cc1cc(OCCC2CCCCN2)ccc1[N+](=O)[O-]. The third kappa shape index (κ3) is 3.92. The van der Waals surface area contributed by atoms with Crippen LogP contribution in [-0.2, 0) is 0 Å². The maximum absolute atomic E-state index is 10.7. The van der Waals surface area contributed by atoms with Crippen molar-refractivity contribution in [1.82, 2.24) is 5.32 Å². The van der Waals surface area contributed by atoms with Crippen LogP contribution in [0.25, 0.3) is 0 Å². The largest absolute Gasteiger partial charge is 0.494 e. The Morgan fingerprint density at radius 1 is 1.47 bits per heavy atom. The minimum atomic E-state index is -0.370. The predicted octanol–water partition coefficient (Wildman–Crippen LogP) is 2.81. The second kappa shape index (κ2) is 6.52. The van der Waals surface area contributed by atoms with Gasteiger partial charge in [0, 0.05) is 17.7 Å². The van der Waals surface area contributed by atoms with Crippen LogP contribution in [-0.4, -0.2) is 24.1 Å². The number of rotatable bonds is 5. The number of nitro groups is 1. The van der Waals surface area contributed by atoms with Crippen LogP contribution in [0.1, 0.15) is 31.2 Å². The fourth-order valence-electron chi connectivity index (χ4n) is 2.41. The van der Waals surface area contributed by atoms with Gasteiger partial charge in [0.2, 0.25) is 0 Å². The number of hydrogen-bond donors (Lipinski definition) is 1. The van der Waals surface area contributed by atoms with Crippen molar-refractivity contribution in [1.29, 1.82) is 0 Å². The maximum atomic E-state index is 10.7. The van der Waals surface area contributed by atoms with Gasteiger partial charge in [-0.15, -0.1) is 0 Å². The van der Waals surface area contributed by atoms with Gasteiger partial charge in [0.05, 0.1) is 11.5 Å². The molecule has 1 aromatic rings. The Hall–Kier alpha value is -1.62. The van der Waals surface area contributed by atoms with E-state index in [1.165, 1.54) is 25.3 Å². The van der Waals surface area contributed by atoms with Crippen molar-refractivity contribution in [3.05, 3.63) is 33.9 Å². The number of ether oxygens (including phenoxy) is 1.